The number of carbonyl (C=O) groups is 1. The van der Waals surface area contributed by atoms with Gasteiger partial charge in [-0.3, -0.25) is 4.79 Å². The van der Waals surface area contributed by atoms with Gasteiger partial charge in [0, 0.05) is 13.0 Å². The summed E-state index contributed by atoms with van der Waals surface area (Å²) < 4.78 is 13.5. The molecule has 1 amide bonds. The smallest absolute Gasteiger partial charge is 0.225 e. The number of unbranched alkanes of at least 4 members (excludes halogenated alkanes) is 1. The second kappa shape index (κ2) is 8.88. The van der Waals surface area contributed by atoms with Crippen molar-refractivity contribution in [3.8, 4) is 0 Å². The molecular formula is C18H22FN3O. The van der Waals surface area contributed by atoms with Gasteiger partial charge in [0.25, 0.3) is 0 Å². The summed E-state index contributed by atoms with van der Waals surface area (Å²) in [6, 6.07) is 10.4. The number of carbonyl (C=O) groups excluding carboxylic acids is 1. The number of aromatic nitrogens is 1. The minimum absolute atomic E-state index is 0.0142. The van der Waals surface area contributed by atoms with E-state index in [1.807, 2.05) is 19.1 Å². The van der Waals surface area contributed by atoms with Crippen LogP contribution in [0.3, 0.4) is 0 Å². The van der Waals surface area contributed by atoms with Crippen molar-refractivity contribution in [3.05, 3.63) is 54.0 Å². The highest BCUT2D eigenvalue weighted by Gasteiger charge is 2.03. The number of hydrogen-bond acceptors (Lipinski definition) is 3. The molecule has 1 heterocycles. The summed E-state index contributed by atoms with van der Waals surface area (Å²) >= 11 is 0. The van der Waals surface area contributed by atoms with E-state index in [1.165, 1.54) is 6.07 Å². The maximum Gasteiger partial charge on any atom is 0.225 e. The SMILES string of the molecule is CCCCC(=O)Nc1ccc(NCCc2ccccc2F)cn1. The van der Waals surface area contributed by atoms with E-state index in [2.05, 4.69) is 15.6 Å². The Labute approximate surface area is 136 Å². The van der Waals surface area contributed by atoms with Gasteiger partial charge in [-0.1, -0.05) is 31.5 Å². The Hall–Kier alpha value is -2.43. The van der Waals surface area contributed by atoms with E-state index < -0.39 is 0 Å². The molecule has 122 valence electrons. The third-order valence-corrected chi connectivity index (χ3v) is 3.47. The van der Waals surface area contributed by atoms with E-state index >= 15 is 0 Å². The molecule has 0 spiro atoms. The molecule has 2 N–H and O–H groups in total. The number of nitrogens with one attached hydrogen (secondary N) is 2. The van der Waals surface area contributed by atoms with Crippen LogP contribution in [0.4, 0.5) is 15.9 Å². The lowest BCUT2D eigenvalue weighted by atomic mass is 10.1. The Morgan fingerprint density at radius 1 is 1.22 bits per heavy atom. The van der Waals surface area contributed by atoms with Crippen molar-refractivity contribution in [2.45, 2.75) is 32.6 Å². The van der Waals surface area contributed by atoms with Crippen LogP contribution in [-0.4, -0.2) is 17.4 Å². The van der Waals surface area contributed by atoms with Crippen molar-refractivity contribution in [1.82, 2.24) is 4.98 Å². The summed E-state index contributed by atoms with van der Waals surface area (Å²) in [6.07, 6.45) is 4.65. The number of amides is 1. The second-order valence-electron chi connectivity index (χ2n) is 5.35. The van der Waals surface area contributed by atoms with Crippen LogP contribution in [0.25, 0.3) is 0 Å². The first-order valence-corrected chi connectivity index (χ1v) is 7.92. The highest BCUT2D eigenvalue weighted by molar-refractivity contribution is 5.89. The quantitative estimate of drug-likeness (QED) is 0.774. The molecule has 0 fully saturated rings. The molecule has 0 unspecified atom stereocenters. The molecule has 23 heavy (non-hydrogen) atoms. The monoisotopic (exact) mass is 315 g/mol. The predicted octanol–water partition coefficient (Wildman–Crippen LogP) is 4.00. The molecule has 1 aromatic heterocycles. The van der Waals surface area contributed by atoms with Crippen LogP contribution < -0.4 is 10.6 Å². The Morgan fingerprint density at radius 3 is 2.74 bits per heavy atom. The lowest BCUT2D eigenvalue weighted by molar-refractivity contribution is -0.116. The molecule has 0 saturated heterocycles. The lowest BCUT2D eigenvalue weighted by Gasteiger charge is -2.08. The number of halogens is 1. The minimum Gasteiger partial charge on any atom is -0.383 e. The van der Waals surface area contributed by atoms with E-state index in [0.29, 0.717) is 30.8 Å². The Balaban J connectivity index is 1.79. The number of benzene rings is 1. The van der Waals surface area contributed by atoms with Gasteiger partial charge >= 0.3 is 0 Å². The van der Waals surface area contributed by atoms with Gasteiger partial charge in [0.1, 0.15) is 11.6 Å². The molecule has 1 aromatic carbocycles. The van der Waals surface area contributed by atoms with Crippen molar-refractivity contribution in [1.29, 1.82) is 0 Å². The fourth-order valence-electron chi connectivity index (χ4n) is 2.16. The zero-order valence-corrected chi connectivity index (χ0v) is 13.3. The van der Waals surface area contributed by atoms with Gasteiger partial charge < -0.3 is 10.6 Å². The van der Waals surface area contributed by atoms with Crippen molar-refractivity contribution in [3.63, 3.8) is 0 Å². The summed E-state index contributed by atoms with van der Waals surface area (Å²) in [5.74, 6) is 0.350. The van der Waals surface area contributed by atoms with Crippen molar-refractivity contribution < 1.29 is 9.18 Å². The van der Waals surface area contributed by atoms with Gasteiger partial charge in [-0.05, 0) is 36.6 Å². The second-order valence-corrected chi connectivity index (χ2v) is 5.35. The van der Waals surface area contributed by atoms with Crippen LogP contribution in [0.15, 0.2) is 42.6 Å². The first-order valence-electron chi connectivity index (χ1n) is 7.92. The van der Waals surface area contributed by atoms with Gasteiger partial charge in [0.15, 0.2) is 0 Å². The number of rotatable bonds is 8. The Kier molecular flexibility index (Phi) is 6.54. The highest BCUT2D eigenvalue weighted by Crippen LogP contribution is 2.12. The standard InChI is InChI=1S/C18H22FN3O/c1-2-3-8-18(23)22-17-10-9-15(13-21-17)20-12-11-14-6-4-5-7-16(14)19/h4-7,9-10,13,20H,2-3,8,11-12H2,1H3,(H,21,22,23). The molecule has 2 aromatic rings. The number of pyridine rings is 1. The van der Waals surface area contributed by atoms with Crippen molar-refractivity contribution >= 4 is 17.4 Å². The number of hydrogen-bond donors (Lipinski definition) is 2. The Morgan fingerprint density at radius 2 is 2.04 bits per heavy atom. The molecule has 4 nitrogen and oxygen atoms in total. The van der Waals surface area contributed by atoms with Gasteiger partial charge in [-0.2, -0.15) is 0 Å². The third kappa shape index (κ3) is 5.70. The van der Waals surface area contributed by atoms with E-state index in [-0.39, 0.29) is 11.7 Å². The molecular weight excluding hydrogens is 293 g/mol. The summed E-state index contributed by atoms with van der Waals surface area (Å²) in [7, 11) is 0. The van der Waals surface area contributed by atoms with Gasteiger partial charge in [0.05, 0.1) is 11.9 Å². The molecule has 0 bridgehead atoms. The Bertz CT molecular complexity index is 628. The van der Waals surface area contributed by atoms with E-state index in [9.17, 15) is 9.18 Å². The van der Waals surface area contributed by atoms with Gasteiger partial charge in [0.2, 0.25) is 5.91 Å². The van der Waals surface area contributed by atoms with Gasteiger partial charge in [-0.25, -0.2) is 9.37 Å². The molecule has 0 atom stereocenters. The summed E-state index contributed by atoms with van der Waals surface area (Å²) in [4.78, 5) is 15.8. The maximum absolute atomic E-state index is 13.5. The zero-order chi connectivity index (χ0) is 16.5. The third-order valence-electron chi connectivity index (χ3n) is 3.47. The van der Waals surface area contributed by atoms with Gasteiger partial charge in [-0.15, -0.1) is 0 Å². The lowest BCUT2D eigenvalue weighted by Crippen LogP contribution is -2.12. The average Bonchev–Trinajstić information content (AvgIpc) is 2.56. The summed E-state index contributed by atoms with van der Waals surface area (Å²) in [5, 5.41) is 5.96. The predicted molar refractivity (Wildman–Crippen MR) is 91.0 cm³/mol. The van der Waals surface area contributed by atoms with Crippen LogP contribution >= 0.6 is 0 Å². The van der Waals surface area contributed by atoms with Crippen LogP contribution in [0.5, 0.6) is 0 Å². The first-order chi connectivity index (χ1) is 11.2. The zero-order valence-electron chi connectivity index (χ0n) is 13.3. The normalized spacial score (nSPS) is 10.3. The topological polar surface area (TPSA) is 54.0 Å². The molecule has 0 aliphatic carbocycles. The molecule has 0 aliphatic heterocycles. The molecule has 0 saturated carbocycles. The number of anilines is 2. The van der Waals surface area contributed by atoms with E-state index in [4.69, 9.17) is 0 Å². The van der Waals surface area contributed by atoms with Crippen molar-refractivity contribution in [2.75, 3.05) is 17.2 Å². The largest absolute Gasteiger partial charge is 0.383 e. The molecule has 2 rings (SSSR count). The fourth-order valence-corrected chi connectivity index (χ4v) is 2.16. The highest BCUT2D eigenvalue weighted by atomic mass is 19.1. The van der Waals surface area contributed by atoms with E-state index in [0.717, 1.165) is 18.5 Å². The minimum atomic E-state index is -0.183. The van der Waals surface area contributed by atoms with Crippen molar-refractivity contribution in [2.24, 2.45) is 0 Å². The molecule has 5 heteroatoms. The molecule has 0 radical (unpaired) electrons. The maximum atomic E-state index is 13.5. The average molecular weight is 315 g/mol. The van der Waals surface area contributed by atoms with E-state index in [1.54, 1.807) is 24.4 Å². The fraction of sp³-hybridized carbons (Fsp3) is 0.333. The van der Waals surface area contributed by atoms with Crippen LogP contribution in [-0.2, 0) is 11.2 Å². The van der Waals surface area contributed by atoms with Crippen LogP contribution in [0.1, 0.15) is 31.7 Å². The van der Waals surface area contributed by atoms with Crippen LogP contribution in [0, 0.1) is 5.82 Å². The van der Waals surface area contributed by atoms with Crippen LogP contribution in [0.2, 0.25) is 0 Å². The summed E-state index contributed by atoms with van der Waals surface area (Å²) in [5.41, 5.74) is 1.53. The molecule has 0 aliphatic rings. The summed E-state index contributed by atoms with van der Waals surface area (Å²) in [6.45, 7) is 2.66. The number of nitrogens with zero attached hydrogens (tertiary/aromatic N) is 1. The first kappa shape index (κ1) is 16.9.